The molecular formula is C19H19N3O5S2. The number of esters is 1. The summed E-state index contributed by atoms with van der Waals surface area (Å²) in [4.78, 5) is 29.1. The number of benzene rings is 1. The molecule has 0 saturated heterocycles. The highest BCUT2D eigenvalue weighted by molar-refractivity contribution is 7.89. The van der Waals surface area contributed by atoms with Crippen LogP contribution < -0.4 is 4.72 Å². The Morgan fingerprint density at radius 1 is 1.21 bits per heavy atom. The molecule has 0 saturated carbocycles. The van der Waals surface area contributed by atoms with Gasteiger partial charge in [0.2, 0.25) is 15.8 Å². The number of nitrogens with one attached hydrogen (secondary N) is 1. The van der Waals surface area contributed by atoms with Gasteiger partial charge in [-0.2, -0.15) is 0 Å². The van der Waals surface area contributed by atoms with Crippen LogP contribution >= 0.6 is 11.3 Å². The molecule has 2 aromatic heterocycles. The molecule has 0 atom stereocenters. The smallest absolute Gasteiger partial charge is 0.338 e. The first-order valence-corrected chi connectivity index (χ1v) is 10.9. The average Bonchev–Trinajstić information content (AvgIpc) is 3.33. The van der Waals surface area contributed by atoms with Crippen molar-refractivity contribution in [3.05, 3.63) is 64.4 Å². The molecule has 1 N–H and O–H groups in total. The maximum Gasteiger partial charge on any atom is 0.338 e. The lowest BCUT2D eigenvalue weighted by molar-refractivity contribution is 0.0474. The van der Waals surface area contributed by atoms with Crippen LogP contribution in [0.3, 0.4) is 0 Å². The molecule has 3 rings (SSSR count). The van der Waals surface area contributed by atoms with Crippen molar-refractivity contribution in [2.24, 2.45) is 0 Å². The largest absolute Gasteiger partial charge is 0.454 e. The quantitative estimate of drug-likeness (QED) is 0.453. The Balaban J connectivity index is 1.70. The SMILES string of the molecule is CNS(=O)(=O)c1ccc(C(=O)OCC(=O)c2cc(C)n(-c3nccs3)c2C)cc1. The number of ether oxygens (including phenoxy) is 1. The first-order chi connectivity index (χ1) is 13.7. The van der Waals surface area contributed by atoms with E-state index in [1.807, 2.05) is 23.8 Å². The highest BCUT2D eigenvalue weighted by atomic mass is 32.2. The number of ketones is 1. The van der Waals surface area contributed by atoms with Gasteiger partial charge in [-0.15, -0.1) is 11.3 Å². The van der Waals surface area contributed by atoms with Gasteiger partial charge in [0.25, 0.3) is 0 Å². The molecule has 10 heteroatoms. The number of carbonyl (C=O) groups excluding carboxylic acids is 2. The minimum atomic E-state index is -3.59. The summed E-state index contributed by atoms with van der Waals surface area (Å²) in [5.41, 5.74) is 2.19. The maximum atomic E-state index is 12.6. The maximum absolute atomic E-state index is 12.6. The Morgan fingerprint density at radius 2 is 1.90 bits per heavy atom. The van der Waals surface area contributed by atoms with E-state index in [-0.39, 0.29) is 16.2 Å². The summed E-state index contributed by atoms with van der Waals surface area (Å²) in [5.74, 6) is -1.04. The molecule has 1 aromatic carbocycles. The van der Waals surface area contributed by atoms with E-state index in [9.17, 15) is 18.0 Å². The van der Waals surface area contributed by atoms with Crippen LogP contribution in [0.4, 0.5) is 0 Å². The zero-order chi connectivity index (χ0) is 21.2. The van der Waals surface area contributed by atoms with E-state index in [0.29, 0.717) is 5.56 Å². The van der Waals surface area contributed by atoms with Gasteiger partial charge in [-0.05, 0) is 51.2 Å². The third-order valence-electron chi connectivity index (χ3n) is 4.35. The van der Waals surface area contributed by atoms with Crippen molar-refractivity contribution in [1.82, 2.24) is 14.3 Å². The van der Waals surface area contributed by atoms with Crippen molar-refractivity contribution < 1.29 is 22.7 Å². The van der Waals surface area contributed by atoms with Gasteiger partial charge in [0.05, 0.1) is 10.5 Å². The number of aromatic nitrogens is 2. The van der Waals surface area contributed by atoms with Crippen molar-refractivity contribution in [3.8, 4) is 5.13 Å². The first-order valence-electron chi connectivity index (χ1n) is 8.57. The van der Waals surface area contributed by atoms with Gasteiger partial charge in [0, 0.05) is 28.5 Å². The lowest BCUT2D eigenvalue weighted by atomic mass is 10.1. The topological polar surface area (TPSA) is 107 Å². The Hall–Kier alpha value is -2.82. The van der Waals surface area contributed by atoms with Crippen LogP contribution in [0.5, 0.6) is 0 Å². The standard InChI is InChI=1S/C19H19N3O5S2/c1-12-10-16(13(2)22(12)19-21-8-9-28-19)17(23)11-27-18(24)14-4-6-15(7-5-14)29(25,26)20-3/h4-10,20H,11H2,1-3H3. The molecule has 0 aliphatic rings. The van der Waals surface area contributed by atoms with E-state index in [0.717, 1.165) is 16.5 Å². The van der Waals surface area contributed by atoms with E-state index < -0.39 is 22.6 Å². The lowest BCUT2D eigenvalue weighted by Crippen LogP contribution is -2.19. The second-order valence-electron chi connectivity index (χ2n) is 6.17. The molecule has 0 fully saturated rings. The predicted octanol–water partition coefficient (Wildman–Crippen LogP) is 2.50. The molecular weight excluding hydrogens is 414 g/mol. The Labute approximate surface area is 172 Å². The molecule has 0 aliphatic heterocycles. The number of Topliss-reactive ketones (excluding diaryl/α,β-unsaturated/α-hetero) is 1. The molecule has 0 spiro atoms. The number of rotatable bonds is 7. The lowest BCUT2D eigenvalue weighted by Gasteiger charge is -2.07. The van der Waals surface area contributed by atoms with Gasteiger partial charge < -0.3 is 4.74 Å². The van der Waals surface area contributed by atoms with E-state index in [4.69, 9.17) is 4.74 Å². The van der Waals surface area contributed by atoms with Crippen LogP contribution in [0.15, 0.2) is 46.8 Å². The summed E-state index contributed by atoms with van der Waals surface area (Å²) in [6.45, 7) is 3.26. The van der Waals surface area contributed by atoms with Gasteiger partial charge in [-0.3, -0.25) is 9.36 Å². The summed E-state index contributed by atoms with van der Waals surface area (Å²) < 4.78 is 32.6. The third-order valence-corrected chi connectivity index (χ3v) is 6.53. The number of thiazole rings is 1. The van der Waals surface area contributed by atoms with E-state index in [1.54, 1.807) is 12.3 Å². The normalized spacial score (nSPS) is 11.4. The van der Waals surface area contributed by atoms with E-state index in [2.05, 4.69) is 9.71 Å². The number of aryl methyl sites for hydroxylation is 1. The van der Waals surface area contributed by atoms with Gasteiger partial charge in [-0.1, -0.05) is 0 Å². The van der Waals surface area contributed by atoms with Gasteiger partial charge >= 0.3 is 5.97 Å². The fourth-order valence-corrected chi connectivity index (χ4v) is 4.33. The Bertz CT molecular complexity index is 1150. The Morgan fingerprint density at radius 3 is 2.48 bits per heavy atom. The number of carbonyl (C=O) groups is 2. The average molecular weight is 434 g/mol. The van der Waals surface area contributed by atoms with Crippen LogP contribution in [0.2, 0.25) is 0 Å². The van der Waals surface area contributed by atoms with Gasteiger partial charge in [0.1, 0.15) is 0 Å². The summed E-state index contributed by atoms with van der Waals surface area (Å²) in [7, 11) is -2.29. The van der Waals surface area contributed by atoms with Crippen molar-refractivity contribution in [2.45, 2.75) is 18.7 Å². The molecule has 0 aliphatic carbocycles. The minimum absolute atomic E-state index is 0.0299. The molecule has 0 bridgehead atoms. The summed E-state index contributed by atoms with van der Waals surface area (Å²) in [6.07, 6.45) is 1.69. The summed E-state index contributed by atoms with van der Waals surface area (Å²) >= 11 is 1.46. The first kappa shape index (κ1) is 20.9. The molecule has 8 nitrogen and oxygen atoms in total. The minimum Gasteiger partial charge on any atom is -0.454 e. The number of hydrogen-bond acceptors (Lipinski definition) is 7. The molecule has 0 radical (unpaired) electrons. The number of nitrogens with zero attached hydrogens (tertiary/aromatic N) is 2. The monoisotopic (exact) mass is 433 g/mol. The highest BCUT2D eigenvalue weighted by Crippen LogP contribution is 2.22. The molecule has 2 heterocycles. The molecule has 29 heavy (non-hydrogen) atoms. The summed E-state index contributed by atoms with van der Waals surface area (Å²) in [6, 6.07) is 7.01. The fourth-order valence-electron chi connectivity index (χ4n) is 2.85. The Kier molecular flexibility index (Phi) is 5.96. The highest BCUT2D eigenvalue weighted by Gasteiger charge is 2.20. The van der Waals surface area contributed by atoms with Crippen LogP contribution in [0, 0.1) is 13.8 Å². The zero-order valence-corrected chi connectivity index (χ0v) is 17.6. The molecule has 0 unspecified atom stereocenters. The van der Waals surface area contributed by atoms with Crippen molar-refractivity contribution in [3.63, 3.8) is 0 Å². The second-order valence-corrected chi connectivity index (χ2v) is 8.93. The number of hydrogen-bond donors (Lipinski definition) is 1. The summed E-state index contributed by atoms with van der Waals surface area (Å²) in [5, 5.41) is 2.61. The zero-order valence-electron chi connectivity index (χ0n) is 16.0. The molecule has 152 valence electrons. The second kappa shape index (κ2) is 8.27. The van der Waals surface area contributed by atoms with Crippen molar-refractivity contribution in [2.75, 3.05) is 13.7 Å². The van der Waals surface area contributed by atoms with Crippen LogP contribution in [-0.4, -0.2) is 43.4 Å². The fraction of sp³-hybridized carbons (Fsp3) is 0.211. The van der Waals surface area contributed by atoms with Crippen LogP contribution in [0.25, 0.3) is 5.13 Å². The van der Waals surface area contributed by atoms with Gasteiger partial charge in [-0.25, -0.2) is 22.9 Å². The predicted molar refractivity (Wildman–Crippen MR) is 108 cm³/mol. The van der Waals surface area contributed by atoms with Crippen LogP contribution in [0.1, 0.15) is 32.1 Å². The number of sulfonamides is 1. The van der Waals surface area contributed by atoms with E-state index >= 15 is 0 Å². The van der Waals surface area contributed by atoms with Gasteiger partial charge in [0.15, 0.2) is 11.7 Å². The van der Waals surface area contributed by atoms with Crippen LogP contribution in [-0.2, 0) is 14.8 Å². The van der Waals surface area contributed by atoms with Crippen molar-refractivity contribution in [1.29, 1.82) is 0 Å². The molecule has 3 aromatic rings. The van der Waals surface area contributed by atoms with E-state index in [1.165, 1.54) is 42.6 Å². The molecule has 0 amide bonds. The third kappa shape index (κ3) is 4.29. The van der Waals surface area contributed by atoms with Crippen molar-refractivity contribution >= 4 is 33.1 Å².